The third-order valence-corrected chi connectivity index (χ3v) is 3.62. The Morgan fingerprint density at radius 3 is 2.62 bits per heavy atom. The largest absolute Gasteiger partial charge is 0.494 e. The van der Waals surface area contributed by atoms with Crippen LogP contribution in [0.2, 0.25) is 0 Å². The van der Waals surface area contributed by atoms with Crippen molar-refractivity contribution in [1.82, 2.24) is 0 Å². The molecule has 0 unspecified atom stereocenters. The van der Waals surface area contributed by atoms with Gasteiger partial charge in [0.15, 0.2) is 0 Å². The van der Waals surface area contributed by atoms with Crippen molar-refractivity contribution in [3.63, 3.8) is 0 Å². The van der Waals surface area contributed by atoms with Gasteiger partial charge in [0.1, 0.15) is 11.8 Å². The van der Waals surface area contributed by atoms with Crippen molar-refractivity contribution >= 4 is 11.6 Å². The number of nitrogens with one attached hydrogen (secondary N) is 1. The number of amides is 1. The van der Waals surface area contributed by atoms with E-state index in [-0.39, 0.29) is 6.61 Å². The van der Waals surface area contributed by atoms with Crippen LogP contribution in [0.5, 0.6) is 5.75 Å². The summed E-state index contributed by atoms with van der Waals surface area (Å²) in [5, 5.41) is 11.6. The van der Waals surface area contributed by atoms with Crippen LogP contribution in [0.25, 0.3) is 11.1 Å². The number of hydrogen-bond acceptors (Lipinski definition) is 4. The molecular formula is C19H24N2O3. The maximum Gasteiger partial charge on any atom is 0.243 e. The van der Waals surface area contributed by atoms with Crippen LogP contribution in [-0.4, -0.2) is 30.3 Å². The summed E-state index contributed by atoms with van der Waals surface area (Å²) in [6.07, 6.45) is 2.14. The summed E-state index contributed by atoms with van der Waals surface area (Å²) in [6.45, 7) is 2.47. The number of hydrogen-bond donors (Lipinski definition) is 3. The zero-order chi connectivity index (χ0) is 17.4. The van der Waals surface area contributed by atoms with E-state index < -0.39 is 11.9 Å². The van der Waals surface area contributed by atoms with Gasteiger partial charge in [-0.1, -0.05) is 37.6 Å². The second kappa shape index (κ2) is 9.05. The quantitative estimate of drug-likeness (QED) is 0.651. The number of anilines is 1. The van der Waals surface area contributed by atoms with E-state index in [9.17, 15) is 4.79 Å². The first kappa shape index (κ1) is 18.0. The molecule has 4 N–H and O–H groups in total. The smallest absolute Gasteiger partial charge is 0.243 e. The molecule has 0 saturated carbocycles. The molecule has 24 heavy (non-hydrogen) atoms. The van der Waals surface area contributed by atoms with Gasteiger partial charge in [-0.05, 0) is 41.8 Å². The van der Waals surface area contributed by atoms with Gasteiger partial charge in [0, 0.05) is 5.69 Å². The van der Waals surface area contributed by atoms with Gasteiger partial charge in [0.2, 0.25) is 5.91 Å². The maximum atomic E-state index is 11.7. The third-order valence-electron chi connectivity index (χ3n) is 3.62. The summed E-state index contributed by atoms with van der Waals surface area (Å²) in [7, 11) is 0. The third kappa shape index (κ3) is 5.08. The van der Waals surface area contributed by atoms with Crippen LogP contribution >= 0.6 is 0 Å². The fourth-order valence-electron chi connectivity index (χ4n) is 2.16. The Morgan fingerprint density at radius 2 is 1.96 bits per heavy atom. The molecule has 2 aromatic rings. The van der Waals surface area contributed by atoms with E-state index in [0.717, 1.165) is 36.3 Å². The molecule has 5 nitrogen and oxygen atoms in total. The number of rotatable bonds is 8. The second-order valence-corrected chi connectivity index (χ2v) is 5.59. The molecule has 5 heteroatoms. The molecule has 0 aromatic heterocycles. The predicted molar refractivity (Wildman–Crippen MR) is 96.0 cm³/mol. The molecule has 0 radical (unpaired) electrons. The molecular weight excluding hydrogens is 304 g/mol. The minimum Gasteiger partial charge on any atom is -0.494 e. The van der Waals surface area contributed by atoms with E-state index in [1.54, 1.807) is 0 Å². The van der Waals surface area contributed by atoms with E-state index in [4.69, 9.17) is 15.6 Å². The van der Waals surface area contributed by atoms with Crippen LogP contribution in [0, 0.1) is 0 Å². The van der Waals surface area contributed by atoms with E-state index in [2.05, 4.69) is 12.2 Å². The Hall–Kier alpha value is -2.37. The van der Waals surface area contributed by atoms with Gasteiger partial charge in [-0.2, -0.15) is 0 Å². The first-order chi connectivity index (χ1) is 11.6. The number of carbonyl (C=O) groups excluding carboxylic acids is 1. The number of unbranched alkanes of at least 4 members (excludes halogenated alkanes) is 1. The number of nitrogens with two attached hydrogens (primary N) is 1. The van der Waals surface area contributed by atoms with Crippen molar-refractivity contribution in [2.45, 2.75) is 25.8 Å². The molecule has 0 spiro atoms. The lowest BCUT2D eigenvalue weighted by molar-refractivity contribution is -0.118. The second-order valence-electron chi connectivity index (χ2n) is 5.59. The first-order valence-electron chi connectivity index (χ1n) is 8.14. The van der Waals surface area contributed by atoms with Crippen LogP contribution in [0.1, 0.15) is 19.8 Å². The lowest BCUT2D eigenvalue weighted by atomic mass is 10.1. The standard InChI is InChI=1S/C19H24N2O3/c1-2-3-11-24-17-6-4-5-15(12-17)14-7-9-16(10-8-14)21-19(23)18(20)13-22/h4-10,12,18,22H,2-3,11,13,20H2,1H3,(H,21,23)/t18-/m0/s1. The fraction of sp³-hybridized carbons (Fsp3) is 0.316. The lowest BCUT2D eigenvalue weighted by Crippen LogP contribution is -2.38. The first-order valence-corrected chi connectivity index (χ1v) is 8.14. The van der Waals surface area contributed by atoms with Crippen molar-refractivity contribution in [3.05, 3.63) is 48.5 Å². The molecule has 0 aliphatic heterocycles. The highest BCUT2D eigenvalue weighted by Gasteiger charge is 2.11. The highest BCUT2D eigenvalue weighted by Crippen LogP contribution is 2.25. The molecule has 0 aliphatic rings. The average molecular weight is 328 g/mol. The van der Waals surface area contributed by atoms with Crippen LogP contribution < -0.4 is 15.8 Å². The van der Waals surface area contributed by atoms with Gasteiger partial charge in [0.05, 0.1) is 13.2 Å². The molecule has 0 bridgehead atoms. The number of carbonyl (C=O) groups is 1. The zero-order valence-corrected chi connectivity index (χ0v) is 13.9. The predicted octanol–water partition coefficient (Wildman–Crippen LogP) is 2.79. The number of aliphatic hydroxyl groups is 1. The van der Waals surface area contributed by atoms with E-state index in [0.29, 0.717) is 5.69 Å². The van der Waals surface area contributed by atoms with Crippen LogP contribution in [0.3, 0.4) is 0 Å². The zero-order valence-electron chi connectivity index (χ0n) is 13.9. The fourth-order valence-corrected chi connectivity index (χ4v) is 2.16. The molecule has 0 heterocycles. The summed E-state index contributed by atoms with van der Waals surface area (Å²) < 4.78 is 5.73. The van der Waals surface area contributed by atoms with Gasteiger partial charge < -0.3 is 20.9 Å². The summed E-state index contributed by atoms with van der Waals surface area (Å²) in [5.74, 6) is 0.448. The van der Waals surface area contributed by atoms with E-state index in [1.807, 2.05) is 48.5 Å². The van der Waals surface area contributed by atoms with Crippen LogP contribution in [0.15, 0.2) is 48.5 Å². The van der Waals surface area contributed by atoms with Gasteiger partial charge in [-0.3, -0.25) is 4.79 Å². The van der Waals surface area contributed by atoms with Gasteiger partial charge in [-0.15, -0.1) is 0 Å². The Labute approximate surface area is 142 Å². The summed E-state index contributed by atoms with van der Waals surface area (Å²) in [5.41, 5.74) is 8.20. The molecule has 0 aliphatic carbocycles. The minimum absolute atomic E-state index is 0.380. The summed E-state index contributed by atoms with van der Waals surface area (Å²) >= 11 is 0. The lowest BCUT2D eigenvalue weighted by Gasteiger charge is -2.11. The normalized spacial score (nSPS) is 11.8. The van der Waals surface area contributed by atoms with Gasteiger partial charge in [0.25, 0.3) is 0 Å². The van der Waals surface area contributed by atoms with Crippen molar-refractivity contribution in [1.29, 1.82) is 0 Å². The van der Waals surface area contributed by atoms with Crippen molar-refractivity contribution in [2.24, 2.45) is 5.73 Å². The monoisotopic (exact) mass is 328 g/mol. The number of aliphatic hydroxyl groups excluding tert-OH is 1. The molecule has 0 saturated heterocycles. The minimum atomic E-state index is -0.915. The maximum absolute atomic E-state index is 11.7. The summed E-state index contributed by atoms with van der Waals surface area (Å²) in [4.78, 5) is 11.7. The van der Waals surface area contributed by atoms with Crippen molar-refractivity contribution in [2.75, 3.05) is 18.5 Å². The van der Waals surface area contributed by atoms with Gasteiger partial charge >= 0.3 is 0 Å². The Balaban J connectivity index is 2.05. The van der Waals surface area contributed by atoms with E-state index >= 15 is 0 Å². The van der Waals surface area contributed by atoms with Crippen molar-refractivity contribution in [3.8, 4) is 16.9 Å². The Bertz CT molecular complexity index is 656. The Kier molecular flexibility index (Phi) is 6.78. The molecule has 0 fully saturated rings. The molecule has 2 aromatic carbocycles. The SMILES string of the molecule is CCCCOc1cccc(-c2ccc(NC(=O)[C@@H](N)CO)cc2)c1. The highest BCUT2D eigenvalue weighted by molar-refractivity contribution is 5.94. The molecule has 1 amide bonds. The average Bonchev–Trinajstić information content (AvgIpc) is 2.62. The molecule has 1 atom stereocenters. The topological polar surface area (TPSA) is 84.6 Å². The van der Waals surface area contributed by atoms with Gasteiger partial charge in [-0.25, -0.2) is 0 Å². The highest BCUT2D eigenvalue weighted by atomic mass is 16.5. The van der Waals surface area contributed by atoms with Crippen LogP contribution in [0.4, 0.5) is 5.69 Å². The summed E-state index contributed by atoms with van der Waals surface area (Å²) in [6, 6.07) is 14.5. The Morgan fingerprint density at radius 1 is 1.21 bits per heavy atom. The molecule has 128 valence electrons. The van der Waals surface area contributed by atoms with Crippen LogP contribution in [-0.2, 0) is 4.79 Å². The molecule has 2 rings (SSSR count). The van der Waals surface area contributed by atoms with E-state index in [1.165, 1.54) is 0 Å². The number of ether oxygens (including phenoxy) is 1. The van der Waals surface area contributed by atoms with Crippen molar-refractivity contribution < 1.29 is 14.6 Å². The number of benzene rings is 2.